The lowest BCUT2D eigenvalue weighted by Crippen LogP contribution is -2.39. The van der Waals surface area contributed by atoms with Gasteiger partial charge in [0.2, 0.25) is 5.91 Å². The number of amides is 2. The molecule has 0 aromatic heterocycles. The molecule has 0 spiro atoms. The quantitative estimate of drug-likeness (QED) is 0.761. The fourth-order valence-electron chi connectivity index (χ4n) is 1.38. The van der Waals surface area contributed by atoms with Gasteiger partial charge in [0.1, 0.15) is 11.8 Å². The second-order valence-corrected chi connectivity index (χ2v) is 4.02. The van der Waals surface area contributed by atoms with Crippen LogP contribution in [0.25, 0.3) is 0 Å². The van der Waals surface area contributed by atoms with Crippen molar-refractivity contribution in [1.82, 2.24) is 10.6 Å². The van der Waals surface area contributed by atoms with E-state index in [1.165, 1.54) is 0 Å². The van der Waals surface area contributed by atoms with Crippen molar-refractivity contribution in [2.75, 3.05) is 19.7 Å². The van der Waals surface area contributed by atoms with Crippen LogP contribution < -0.4 is 15.4 Å². The summed E-state index contributed by atoms with van der Waals surface area (Å²) in [6.07, 6.45) is 0.841. The lowest BCUT2D eigenvalue weighted by atomic mass is 10.2. The minimum Gasteiger partial charge on any atom is -0.482 e. The van der Waals surface area contributed by atoms with Crippen LogP contribution in [0.3, 0.4) is 0 Å². The number of carbonyl (C=O) groups is 2. The van der Waals surface area contributed by atoms with E-state index in [9.17, 15) is 9.59 Å². The number of carbonyl (C=O) groups excluding carboxylic acids is 2. The number of para-hydroxylation sites is 1. The third kappa shape index (κ3) is 5.40. The molecule has 0 unspecified atom stereocenters. The van der Waals surface area contributed by atoms with Gasteiger partial charge in [-0.2, -0.15) is 5.26 Å². The molecule has 2 amide bonds. The first-order valence-corrected chi connectivity index (χ1v) is 6.32. The van der Waals surface area contributed by atoms with Gasteiger partial charge in [-0.1, -0.05) is 19.1 Å². The fraction of sp³-hybridized carbons (Fsp3) is 0.357. The van der Waals surface area contributed by atoms with Crippen molar-refractivity contribution >= 4 is 11.8 Å². The molecule has 6 heteroatoms. The minimum absolute atomic E-state index is 0.0813. The van der Waals surface area contributed by atoms with E-state index in [4.69, 9.17) is 10.00 Å². The standard InChI is InChI=1S/C14H17N3O3/c1-2-7-16-13(18)9-17-14(19)10-20-12-6-4-3-5-11(12)8-15/h3-6H,2,7,9-10H2,1H3,(H,16,18)(H,17,19). The molecule has 0 saturated carbocycles. The molecular formula is C14H17N3O3. The molecule has 20 heavy (non-hydrogen) atoms. The molecule has 1 aromatic rings. The lowest BCUT2D eigenvalue weighted by molar-refractivity contribution is -0.127. The van der Waals surface area contributed by atoms with Crippen molar-refractivity contribution in [3.8, 4) is 11.8 Å². The maximum Gasteiger partial charge on any atom is 0.258 e. The monoisotopic (exact) mass is 275 g/mol. The van der Waals surface area contributed by atoms with Crippen LogP contribution in [0.15, 0.2) is 24.3 Å². The second kappa shape index (κ2) is 8.53. The summed E-state index contributed by atoms with van der Waals surface area (Å²) in [5.74, 6) is -0.303. The van der Waals surface area contributed by atoms with Crippen molar-refractivity contribution in [2.24, 2.45) is 0 Å². The Balaban J connectivity index is 2.33. The summed E-state index contributed by atoms with van der Waals surface area (Å²) in [4.78, 5) is 22.8. The van der Waals surface area contributed by atoms with Crippen LogP contribution in [0.2, 0.25) is 0 Å². The van der Waals surface area contributed by atoms with E-state index in [1.54, 1.807) is 24.3 Å². The van der Waals surface area contributed by atoms with Gasteiger partial charge in [-0.05, 0) is 18.6 Å². The van der Waals surface area contributed by atoms with Crippen molar-refractivity contribution in [3.63, 3.8) is 0 Å². The van der Waals surface area contributed by atoms with E-state index in [0.29, 0.717) is 17.9 Å². The first-order chi connectivity index (χ1) is 9.67. The van der Waals surface area contributed by atoms with Gasteiger partial charge >= 0.3 is 0 Å². The zero-order valence-corrected chi connectivity index (χ0v) is 11.3. The van der Waals surface area contributed by atoms with Crippen molar-refractivity contribution < 1.29 is 14.3 Å². The number of hydrogen-bond donors (Lipinski definition) is 2. The SMILES string of the molecule is CCCNC(=O)CNC(=O)COc1ccccc1C#N. The molecule has 0 bridgehead atoms. The van der Waals surface area contributed by atoms with E-state index >= 15 is 0 Å². The lowest BCUT2D eigenvalue weighted by Gasteiger charge is -2.08. The number of nitrogens with zero attached hydrogens (tertiary/aromatic N) is 1. The molecule has 0 aliphatic rings. The maximum absolute atomic E-state index is 11.5. The average Bonchev–Trinajstić information content (AvgIpc) is 2.48. The summed E-state index contributed by atoms with van der Waals surface area (Å²) >= 11 is 0. The molecule has 1 rings (SSSR count). The normalized spacial score (nSPS) is 9.40. The number of benzene rings is 1. The first kappa shape index (κ1) is 15.5. The van der Waals surface area contributed by atoms with Gasteiger partial charge in [0.25, 0.3) is 5.91 Å². The maximum atomic E-state index is 11.5. The Morgan fingerprint density at radius 1 is 1.25 bits per heavy atom. The predicted molar refractivity (Wildman–Crippen MR) is 73.0 cm³/mol. The average molecular weight is 275 g/mol. The van der Waals surface area contributed by atoms with E-state index in [2.05, 4.69) is 10.6 Å². The van der Waals surface area contributed by atoms with Gasteiger partial charge in [0.15, 0.2) is 6.61 Å². The number of hydrogen-bond acceptors (Lipinski definition) is 4. The van der Waals surface area contributed by atoms with Gasteiger partial charge in [-0.3, -0.25) is 9.59 Å². The Hall–Kier alpha value is -2.55. The van der Waals surface area contributed by atoms with Crippen LogP contribution in [0.5, 0.6) is 5.75 Å². The highest BCUT2D eigenvalue weighted by molar-refractivity contribution is 5.85. The van der Waals surface area contributed by atoms with Gasteiger partial charge < -0.3 is 15.4 Å². The van der Waals surface area contributed by atoms with Gasteiger partial charge in [-0.15, -0.1) is 0 Å². The minimum atomic E-state index is -0.413. The molecule has 0 fully saturated rings. The zero-order valence-electron chi connectivity index (χ0n) is 11.3. The van der Waals surface area contributed by atoms with Crippen LogP contribution >= 0.6 is 0 Å². The highest BCUT2D eigenvalue weighted by Crippen LogP contribution is 2.15. The molecule has 2 N–H and O–H groups in total. The van der Waals surface area contributed by atoms with Crippen LogP contribution in [0.1, 0.15) is 18.9 Å². The highest BCUT2D eigenvalue weighted by Gasteiger charge is 2.07. The molecule has 0 atom stereocenters. The van der Waals surface area contributed by atoms with E-state index < -0.39 is 5.91 Å². The molecule has 1 aromatic carbocycles. The second-order valence-electron chi connectivity index (χ2n) is 4.02. The Labute approximate surface area is 117 Å². The van der Waals surface area contributed by atoms with Crippen LogP contribution in [0.4, 0.5) is 0 Å². The summed E-state index contributed by atoms with van der Waals surface area (Å²) in [6, 6.07) is 8.61. The van der Waals surface area contributed by atoms with Gasteiger partial charge in [0, 0.05) is 6.54 Å². The number of nitriles is 1. The smallest absolute Gasteiger partial charge is 0.258 e. The molecule has 0 aliphatic heterocycles. The first-order valence-electron chi connectivity index (χ1n) is 6.32. The highest BCUT2D eigenvalue weighted by atomic mass is 16.5. The third-order valence-electron chi connectivity index (χ3n) is 2.38. The Morgan fingerprint density at radius 2 is 2.00 bits per heavy atom. The zero-order chi connectivity index (χ0) is 14.8. The Morgan fingerprint density at radius 3 is 2.70 bits per heavy atom. The Kier molecular flexibility index (Phi) is 6.62. The number of nitrogens with one attached hydrogen (secondary N) is 2. The fourth-order valence-corrected chi connectivity index (χ4v) is 1.38. The molecule has 0 saturated heterocycles. The van der Waals surface area contributed by atoms with E-state index in [0.717, 1.165) is 6.42 Å². The molecular weight excluding hydrogens is 258 g/mol. The summed E-state index contributed by atoms with van der Waals surface area (Å²) in [7, 11) is 0. The Bertz CT molecular complexity index is 509. The topological polar surface area (TPSA) is 91.2 Å². The molecule has 0 aliphatic carbocycles. The predicted octanol–water partition coefficient (Wildman–Crippen LogP) is 0.579. The van der Waals surface area contributed by atoms with Gasteiger partial charge in [0.05, 0.1) is 12.1 Å². The summed E-state index contributed by atoms with van der Waals surface area (Å²) < 4.78 is 5.24. The summed E-state index contributed by atoms with van der Waals surface area (Å²) in [5.41, 5.74) is 0.362. The number of ether oxygens (including phenoxy) is 1. The summed E-state index contributed by atoms with van der Waals surface area (Å²) in [5, 5.41) is 13.9. The van der Waals surface area contributed by atoms with E-state index in [1.807, 2.05) is 13.0 Å². The third-order valence-corrected chi connectivity index (χ3v) is 2.38. The van der Waals surface area contributed by atoms with Crippen LogP contribution in [0, 0.1) is 11.3 Å². The molecule has 6 nitrogen and oxygen atoms in total. The summed E-state index contributed by atoms with van der Waals surface area (Å²) in [6.45, 7) is 2.21. The van der Waals surface area contributed by atoms with Crippen molar-refractivity contribution in [1.29, 1.82) is 5.26 Å². The number of rotatable bonds is 7. The molecule has 0 heterocycles. The molecule has 106 valence electrons. The largest absolute Gasteiger partial charge is 0.482 e. The van der Waals surface area contributed by atoms with Crippen LogP contribution in [-0.2, 0) is 9.59 Å². The van der Waals surface area contributed by atoms with Crippen molar-refractivity contribution in [2.45, 2.75) is 13.3 Å². The van der Waals surface area contributed by atoms with Crippen molar-refractivity contribution in [3.05, 3.63) is 29.8 Å². The van der Waals surface area contributed by atoms with Gasteiger partial charge in [-0.25, -0.2) is 0 Å². The molecule has 0 radical (unpaired) electrons. The van der Waals surface area contributed by atoms with E-state index in [-0.39, 0.29) is 19.1 Å². The van der Waals surface area contributed by atoms with Crippen LogP contribution in [-0.4, -0.2) is 31.5 Å².